The number of hydrogen-bond acceptors (Lipinski definition) is 6. The molecule has 3 rings (SSSR count). The van der Waals surface area contributed by atoms with Crippen LogP contribution in [0.3, 0.4) is 0 Å². The van der Waals surface area contributed by atoms with Gasteiger partial charge >= 0.3 is 0 Å². The molecule has 124 valence electrons. The summed E-state index contributed by atoms with van der Waals surface area (Å²) in [7, 11) is -7.12. The van der Waals surface area contributed by atoms with E-state index < -0.39 is 20.0 Å². The minimum atomic E-state index is -3.80. The van der Waals surface area contributed by atoms with E-state index in [0.29, 0.717) is 18.7 Å². The van der Waals surface area contributed by atoms with Crippen molar-refractivity contribution < 1.29 is 21.4 Å². The summed E-state index contributed by atoms with van der Waals surface area (Å²) in [6, 6.07) is 7.08. The Bertz CT molecular complexity index is 874. The van der Waals surface area contributed by atoms with Gasteiger partial charge < -0.3 is 4.52 Å². The molecule has 0 saturated carbocycles. The van der Waals surface area contributed by atoms with Crippen LogP contribution in [-0.4, -0.2) is 34.3 Å². The first-order chi connectivity index (χ1) is 10.9. The van der Waals surface area contributed by atoms with Crippen molar-refractivity contribution >= 4 is 31.6 Å². The lowest BCUT2D eigenvalue weighted by Crippen LogP contribution is -2.37. The highest BCUT2D eigenvalue weighted by atomic mass is 32.2. The van der Waals surface area contributed by atoms with E-state index in [-0.39, 0.29) is 16.5 Å². The zero-order valence-electron chi connectivity index (χ0n) is 12.0. The summed E-state index contributed by atoms with van der Waals surface area (Å²) in [5, 5.41) is 3.48. The molecule has 1 aromatic heterocycles. The van der Waals surface area contributed by atoms with Crippen molar-refractivity contribution in [3.63, 3.8) is 0 Å². The first-order valence-electron chi connectivity index (χ1n) is 6.92. The first kappa shape index (κ1) is 15.8. The van der Waals surface area contributed by atoms with Crippen molar-refractivity contribution in [3.8, 4) is 0 Å². The van der Waals surface area contributed by atoms with E-state index >= 15 is 0 Å². The van der Waals surface area contributed by atoms with Gasteiger partial charge in [-0.25, -0.2) is 16.8 Å². The minimum absolute atomic E-state index is 0.0126. The third-order valence-corrected chi connectivity index (χ3v) is 6.70. The molecule has 0 amide bonds. The summed E-state index contributed by atoms with van der Waals surface area (Å²) in [6.07, 6.45) is 2.68. The van der Waals surface area contributed by atoms with Crippen molar-refractivity contribution in [2.75, 3.05) is 21.3 Å². The molecular formula is C13H15N3O5S2. The lowest BCUT2D eigenvalue weighted by molar-refractivity contribution is 0.423. The molecule has 2 aromatic rings. The Kier molecular flexibility index (Phi) is 4.02. The molecule has 0 atom stereocenters. The molecule has 1 aliphatic rings. The topological polar surface area (TPSA) is 110 Å². The second-order valence-electron chi connectivity index (χ2n) is 5.08. The maximum absolute atomic E-state index is 12.2. The van der Waals surface area contributed by atoms with Crippen LogP contribution in [0.2, 0.25) is 0 Å². The smallest absolute Gasteiger partial charge is 0.263 e. The summed E-state index contributed by atoms with van der Waals surface area (Å²) in [4.78, 5) is 0.0126. The molecule has 1 aliphatic heterocycles. The number of aromatic nitrogens is 1. The van der Waals surface area contributed by atoms with E-state index in [1.54, 1.807) is 0 Å². The van der Waals surface area contributed by atoms with E-state index in [9.17, 15) is 16.8 Å². The number of nitrogens with zero attached hydrogens (tertiary/aromatic N) is 2. The predicted octanol–water partition coefficient (Wildman–Crippen LogP) is 1.41. The predicted molar refractivity (Wildman–Crippen MR) is 84.1 cm³/mol. The third-order valence-electron chi connectivity index (χ3n) is 3.46. The monoisotopic (exact) mass is 357 g/mol. The highest BCUT2D eigenvalue weighted by Gasteiger charge is 2.26. The van der Waals surface area contributed by atoms with Gasteiger partial charge in [-0.2, -0.15) is 0 Å². The maximum Gasteiger partial charge on any atom is 0.263 e. The van der Waals surface area contributed by atoms with Crippen molar-refractivity contribution in [3.05, 3.63) is 36.6 Å². The quantitative estimate of drug-likeness (QED) is 0.886. The zero-order valence-corrected chi connectivity index (χ0v) is 13.7. The average molecular weight is 357 g/mol. The SMILES string of the molecule is O=S(=O)(Nc1ccon1)c1ccc(N2CCCCS2(=O)=O)cc1. The Labute approximate surface area is 134 Å². The molecule has 1 saturated heterocycles. The fourth-order valence-electron chi connectivity index (χ4n) is 2.33. The standard InChI is InChI=1S/C13H15N3O5S2/c17-22(18)10-2-1-8-16(22)11-3-5-12(6-4-11)23(19,20)15-13-7-9-21-14-13/h3-7,9H,1-2,8,10H2,(H,14,15). The Morgan fingerprint density at radius 2 is 1.87 bits per heavy atom. The van der Waals surface area contributed by atoms with Gasteiger partial charge in [0.15, 0.2) is 5.82 Å². The van der Waals surface area contributed by atoms with Gasteiger partial charge in [-0.3, -0.25) is 9.03 Å². The average Bonchev–Trinajstić information content (AvgIpc) is 2.99. The second-order valence-corrected chi connectivity index (χ2v) is 8.77. The van der Waals surface area contributed by atoms with Gasteiger partial charge in [-0.1, -0.05) is 5.16 Å². The molecule has 8 nitrogen and oxygen atoms in total. The van der Waals surface area contributed by atoms with Crippen molar-refractivity contribution in [1.82, 2.24) is 5.16 Å². The number of benzene rings is 1. The molecule has 0 bridgehead atoms. The Morgan fingerprint density at radius 1 is 1.13 bits per heavy atom. The number of sulfonamides is 2. The maximum atomic E-state index is 12.2. The van der Waals surface area contributed by atoms with Gasteiger partial charge in [0.2, 0.25) is 10.0 Å². The van der Waals surface area contributed by atoms with Crippen molar-refractivity contribution in [2.24, 2.45) is 0 Å². The van der Waals surface area contributed by atoms with Crippen molar-refractivity contribution in [1.29, 1.82) is 0 Å². The van der Waals surface area contributed by atoms with Gasteiger partial charge in [-0.05, 0) is 37.1 Å². The second kappa shape index (κ2) is 5.85. The van der Waals surface area contributed by atoms with Crippen LogP contribution in [0.25, 0.3) is 0 Å². The molecular weight excluding hydrogens is 342 g/mol. The van der Waals surface area contributed by atoms with Gasteiger partial charge in [0, 0.05) is 12.6 Å². The van der Waals surface area contributed by atoms with E-state index in [1.807, 2.05) is 0 Å². The molecule has 1 N–H and O–H groups in total. The minimum Gasteiger partial charge on any atom is -0.363 e. The van der Waals surface area contributed by atoms with Crippen LogP contribution in [0.1, 0.15) is 12.8 Å². The molecule has 0 unspecified atom stereocenters. The number of rotatable bonds is 4. The van der Waals surface area contributed by atoms with Crippen LogP contribution < -0.4 is 9.03 Å². The lowest BCUT2D eigenvalue weighted by Gasteiger charge is -2.28. The van der Waals surface area contributed by atoms with Crippen LogP contribution in [0, 0.1) is 0 Å². The lowest BCUT2D eigenvalue weighted by atomic mass is 10.3. The van der Waals surface area contributed by atoms with Crippen LogP contribution >= 0.6 is 0 Å². The fraction of sp³-hybridized carbons (Fsp3) is 0.308. The van der Waals surface area contributed by atoms with Gasteiger partial charge in [-0.15, -0.1) is 0 Å². The zero-order chi connectivity index (χ0) is 16.5. The van der Waals surface area contributed by atoms with Crippen LogP contribution in [0.4, 0.5) is 11.5 Å². The van der Waals surface area contributed by atoms with Crippen molar-refractivity contribution in [2.45, 2.75) is 17.7 Å². The van der Waals surface area contributed by atoms with Crippen LogP contribution in [-0.2, 0) is 20.0 Å². The normalized spacial score (nSPS) is 17.8. The molecule has 23 heavy (non-hydrogen) atoms. The first-order valence-corrected chi connectivity index (χ1v) is 10.0. The van der Waals surface area contributed by atoms with Crippen LogP contribution in [0.5, 0.6) is 0 Å². The highest BCUT2D eigenvalue weighted by molar-refractivity contribution is 7.93. The molecule has 0 aliphatic carbocycles. The van der Waals surface area contributed by atoms with Gasteiger partial charge in [0.1, 0.15) is 6.26 Å². The molecule has 0 radical (unpaired) electrons. The summed E-state index contributed by atoms with van der Waals surface area (Å²) in [5.41, 5.74) is 0.463. The van der Waals surface area contributed by atoms with E-state index in [2.05, 4.69) is 14.4 Å². The summed E-state index contributed by atoms with van der Waals surface area (Å²) < 4.78 is 56.6. The fourth-order valence-corrected chi connectivity index (χ4v) is 4.96. The van der Waals surface area contributed by atoms with E-state index in [0.717, 1.165) is 6.42 Å². The molecule has 1 aromatic carbocycles. The Morgan fingerprint density at radius 3 is 2.48 bits per heavy atom. The van der Waals surface area contributed by atoms with E-state index in [1.165, 1.54) is 40.9 Å². The number of nitrogens with one attached hydrogen (secondary N) is 1. The summed E-state index contributed by atoms with van der Waals surface area (Å²) >= 11 is 0. The largest absolute Gasteiger partial charge is 0.363 e. The molecule has 10 heteroatoms. The number of anilines is 2. The number of hydrogen-bond donors (Lipinski definition) is 1. The van der Waals surface area contributed by atoms with Gasteiger partial charge in [0.25, 0.3) is 10.0 Å². The summed E-state index contributed by atoms with van der Waals surface area (Å²) in [5.74, 6) is 0.188. The van der Waals surface area contributed by atoms with Crippen LogP contribution in [0.15, 0.2) is 46.0 Å². The molecule has 1 fully saturated rings. The third kappa shape index (κ3) is 3.32. The Balaban J connectivity index is 1.84. The molecule has 0 spiro atoms. The Hall–Kier alpha value is -2.07. The highest BCUT2D eigenvalue weighted by Crippen LogP contribution is 2.25. The summed E-state index contributed by atoms with van der Waals surface area (Å²) in [6.45, 7) is 0.408. The van der Waals surface area contributed by atoms with Gasteiger partial charge in [0.05, 0.1) is 16.3 Å². The molecule has 2 heterocycles. The van der Waals surface area contributed by atoms with E-state index in [4.69, 9.17) is 0 Å².